The average molecular weight is 330 g/mol. The Bertz CT molecular complexity index is 461. The van der Waals surface area contributed by atoms with Gasteiger partial charge in [0, 0.05) is 6.07 Å². The molecule has 1 unspecified atom stereocenters. The average Bonchev–Trinajstić information content (AvgIpc) is 2.62. The standard InChI is InChI=1S/C22H37N2/c1-3-5-6-7-8-9-10-11-12-13-17-20(16-4-2)21-18-14-15-19-22(21)24-23/h14-15,18-20H,3-13,16-17H2,1-2H3/q+1. The molecule has 0 saturated heterocycles. The molecule has 0 aromatic heterocycles. The predicted molar refractivity (Wildman–Crippen MR) is 105 cm³/mol. The first-order chi connectivity index (χ1) is 11.8. The SMILES string of the molecule is CCCCCCCCCCCCC(CCC)c1ccccc1[N+]#N. The van der Waals surface area contributed by atoms with Crippen molar-refractivity contribution in [2.75, 3.05) is 0 Å². The summed E-state index contributed by atoms with van der Waals surface area (Å²) in [5.41, 5.74) is 1.97. The molecule has 0 N–H and O–H groups in total. The molecule has 0 amide bonds. The normalized spacial score (nSPS) is 12.0. The first kappa shape index (κ1) is 20.7. The van der Waals surface area contributed by atoms with Crippen LogP contribution in [-0.4, -0.2) is 0 Å². The lowest BCUT2D eigenvalue weighted by atomic mass is 9.88. The fourth-order valence-corrected chi connectivity index (χ4v) is 3.61. The molecule has 134 valence electrons. The van der Waals surface area contributed by atoms with Crippen molar-refractivity contribution in [2.45, 2.75) is 103 Å². The van der Waals surface area contributed by atoms with Crippen LogP contribution in [0.25, 0.3) is 4.98 Å². The highest BCUT2D eigenvalue weighted by molar-refractivity contribution is 5.53. The maximum Gasteiger partial charge on any atom is 0.388 e. The van der Waals surface area contributed by atoms with Gasteiger partial charge in [-0.15, -0.1) is 0 Å². The van der Waals surface area contributed by atoms with E-state index in [1.807, 2.05) is 12.1 Å². The van der Waals surface area contributed by atoms with E-state index in [1.54, 1.807) is 0 Å². The Labute approximate surface area is 149 Å². The summed E-state index contributed by atoms with van der Waals surface area (Å²) in [6, 6.07) is 8.05. The number of unbranched alkanes of at least 4 members (excludes halogenated alkanes) is 9. The molecule has 2 nitrogen and oxygen atoms in total. The Balaban J connectivity index is 2.22. The predicted octanol–water partition coefficient (Wildman–Crippen LogP) is 8.37. The Morgan fingerprint density at radius 2 is 1.33 bits per heavy atom. The number of rotatable bonds is 14. The molecule has 2 heteroatoms. The minimum Gasteiger partial charge on any atom is -0.0654 e. The molecule has 1 rings (SSSR count). The first-order valence-corrected chi connectivity index (χ1v) is 10.3. The second-order valence-corrected chi connectivity index (χ2v) is 7.12. The molecule has 24 heavy (non-hydrogen) atoms. The van der Waals surface area contributed by atoms with Crippen LogP contribution < -0.4 is 0 Å². The summed E-state index contributed by atoms with van der Waals surface area (Å²) >= 11 is 0. The minimum absolute atomic E-state index is 0.538. The van der Waals surface area contributed by atoms with Crippen LogP contribution in [0.5, 0.6) is 0 Å². The Morgan fingerprint density at radius 3 is 1.92 bits per heavy atom. The van der Waals surface area contributed by atoms with Gasteiger partial charge in [-0.1, -0.05) is 103 Å². The zero-order valence-corrected chi connectivity index (χ0v) is 16.0. The van der Waals surface area contributed by atoms with Crippen LogP contribution in [0.1, 0.15) is 109 Å². The number of nitrogens with zero attached hydrogens (tertiary/aromatic N) is 2. The van der Waals surface area contributed by atoms with Crippen LogP contribution in [-0.2, 0) is 0 Å². The molecule has 0 bridgehead atoms. The molecular weight excluding hydrogens is 292 g/mol. The first-order valence-electron chi connectivity index (χ1n) is 10.3. The van der Waals surface area contributed by atoms with E-state index in [9.17, 15) is 5.39 Å². The molecule has 0 aliphatic heterocycles. The Morgan fingerprint density at radius 1 is 0.750 bits per heavy atom. The summed E-state index contributed by atoms with van der Waals surface area (Å²) in [6.45, 7) is 4.52. The van der Waals surface area contributed by atoms with Crippen LogP contribution >= 0.6 is 0 Å². The van der Waals surface area contributed by atoms with Crippen molar-refractivity contribution in [1.82, 2.24) is 0 Å². The maximum absolute atomic E-state index is 9.21. The van der Waals surface area contributed by atoms with Crippen LogP contribution in [0, 0.1) is 5.39 Å². The summed E-state index contributed by atoms with van der Waals surface area (Å²) in [5.74, 6) is 0.538. The molecule has 0 spiro atoms. The largest absolute Gasteiger partial charge is 0.388 e. The van der Waals surface area contributed by atoms with E-state index < -0.39 is 0 Å². The van der Waals surface area contributed by atoms with E-state index in [1.165, 1.54) is 89.0 Å². The molecule has 0 aliphatic carbocycles. The van der Waals surface area contributed by atoms with Gasteiger partial charge in [0.15, 0.2) is 4.98 Å². The number of diazo groups is 1. The lowest BCUT2D eigenvalue weighted by Gasteiger charge is -2.14. The minimum atomic E-state index is 0.538. The van der Waals surface area contributed by atoms with Crippen LogP contribution in [0.4, 0.5) is 5.69 Å². The fraction of sp³-hybridized carbons (Fsp3) is 0.727. The summed E-state index contributed by atoms with van der Waals surface area (Å²) in [4.78, 5) is 3.47. The summed E-state index contributed by atoms with van der Waals surface area (Å²) < 4.78 is 0. The van der Waals surface area contributed by atoms with Gasteiger partial charge in [-0.2, -0.15) is 0 Å². The van der Waals surface area contributed by atoms with E-state index in [4.69, 9.17) is 0 Å². The van der Waals surface area contributed by atoms with Gasteiger partial charge in [0.2, 0.25) is 5.39 Å². The van der Waals surface area contributed by atoms with Gasteiger partial charge in [0.25, 0.3) is 0 Å². The molecule has 0 saturated carbocycles. The molecular formula is C22H37N2+. The highest BCUT2D eigenvalue weighted by Crippen LogP contribution is 2.34. The van der Waals surface area contributed by atoms with Crippen LogP contribution in [0.3, 0.4) is 0 Å². The second kappa shape index (κ2) is 14.0. The van der Waals surface area contributed by atoms with Gasteiger partial charge in [0.1, 0.15) is 0 Å². The molecule has 1 aromatic carbocycles. The quantitative estimate of drug-likeness (QED) is 0.249. The van der Waals surface area contributed by atoms with E-state index >= 15 is 0 Å². The fourth-order valence-electron chi connectivity index (χ4n) is 3.61. The van der Waals surface area contributed by atoms with E-state index in [2.05, 4.69) is 31.0 Å². The van der Waals surface area contributed by atoms with Crippen molar-refractivity contribution in [2.24, 2.45) is 0 Å². The summed E-state index contributed by atoms with van der Waals surface area (Å²) in [6.07, 6.45) is 17.4. The third-order valence-electron chi connectivity index (χ3n) is 5.03. The summed E-state index contributed by atoms with van der Waals surface area (Å²) in [7, 11) is 0. The molecule has 0 fully saturated rings. The number of hydrogen-bond donors (Lipinski definition) is 0. The van der Waals surface area contributed by atoms with Gasteiger partial charge in [0.05, 0.1) is 5.56 Å². The molecule has 0 radical (unpaired) electrons. The third-order valence-corrected chi connectivity index (χ3v) is 5.03. The smallest absolute Gasteiger partial charge is 0.0654 e. The number of benzene rings is 1. The Kier molecular flexibility index (Phi) is 12.1. The molecule has 1 atom stereocenters. The molecule has 0 aliphatic rings. The zero-order chi connectivity index (χ0) is 17.5. The van der Waals surface area contributed by atoms with Gasteiger partial charge < -0.3 is 0 Å². The molecule has 1 aromatic rings. The lowest BCUT2D eigenvalue weighted by Crippen LogP contribution is -1.99. The topological polar surface area (TPSA) is 28.1 Å². The maximum atomic E-state index is 9.21. The van der Waals surface area contributed by atoms with Crippen molar-refractivity contribution < 1.29 is 0 Å². The lowest BCUT2D eigenvalue weighted by molar-refractivity contribution is 0.505. The van der Waals surface area contributed by atoms with E-state index in [0.717, 1.165) is 5.69 Å². The van der Waals surface area contributed by atoms with Crippen LogP contribution in [0.15, 0.2) is 24.3 Å². The monoisotopic (exact) mass is 329 g/mol. The van der Waals surface area contributed by atoms with E-state index in [-0.39, 0.29) is 0 Å². The van der Waals surface area contributed by atoms with Gasteiger partial charge >= 0.3 is 5.69 Å². The second-order valence-electron chi connectivity index (χ2n) is 7.12. The highest BCUT2D eigenvalue weighted by Gasteiger charge is 2.20. The van der Waals surface area contributed by atoms with Crippen molar-refractivity contribution in [3.8, 4) is 0 Å². The van der Waals surface area contributed by atoms with E-state index in [0.29, 0.717) is 5.92 Å². The van der Waals surface area contributed by atoms with Crippen molar-refractivity contribution >= 4 is 5.69 Å². The Hall–Kier alpha value is -1.36. The summed E-state index contributed by atoms with van der Waals surface area (Å²) in [5, 5.41) is 9.21. The highest BCUT2D eigenvalue weighted by atomic mass is 14.8. The third kappa shape index (κ3) is 8.48. The van der Waals surface area contributed by atoms with Gasteiger partial charge in [-0.05, 0) is 18.8 Å². The van der Waals surface area contributed by atoms with Gasteiger partial charge in [-0.3, -0.25) is 0 Å². The van der Waals surface area contributed by atoms with Crippen molar-refractivity contribution in [1.29, 1.82) is 5.39 Å². The van der Waals surface area contributed by atoms with Crippen molar-refractivity contribution in [3.63, 3.8) is 0 Å². The number of hydrogen-bond acceptors (Lipinski definition) is 1. The van der Waals surface area contributed by atoms with Gasteiger partial charge in [-0.25, -0.2) is 0 Å². The van der Waals surface area contributed by atoms with Crippen molar-refractivity contribution in [3.05, 3.63) is 34.8 Å². The molecule has 0 heterocycles. The van der Waals surface area contributed by atoms with Crippen LogP contribution in [0.2, 0.25) is 0 Å². The zero-order valence-electron chi connectivity index (χ0n) is 16.0.